The van der Waals surface area contributed by atoms with Gasteiger partial charge in [-0.3, -0.25) is 0 Å². The van der Waals surface area contributed by atoms with Gasteiger partial charge in [-0.15, -0.1) is 0 Å². The summed E-state index contributed by atoms with van der Waals surface area (Å²) >= 11 is 0. The number of hydrogen-bond acceptors (Lipinski definition) is 3. The van der Waals surface area contributed by atoms with Gasteiger partial charge in [-0.25, -0.2) is 0 Å². The third kappa shape index (κ3) is 4.13. The van der Waals surface area contributed by atoms with Gasteiger partial charge in [0.15, 0.2) is 0 Å². The molecule has 0 aliphatic heterocycles. The SMILES string of the molecule is c1ccc(-c2c3oc4c(-c5ccc(N(c6ccccc6)c6ccccc6)cc5)cccc4c3cc3oc4ccccc4c23)cc1. The molecule has 0 atom stereocenters. The molecule has 2 heterocycles. The molecule has 9 aromatic rings. The zero-order chi connectivity index (χ0) is 29.7. The lowest BCUT2D eigenvalue weighted by molar-refractivity contribution is 0.665. The number of anilines is 3. The molecule has 45 heavy (non-hydrogen) atoms. The molecule has 0 amide bonds. The van der Waals surface area contributed by atoms with Gasteiger partial charge in [-0.1, -0.05) is 115 Å². The third-order valence-electron chi connectivity index (χ3n) is 8.66. The topological polar surface area (TPSA) is 29.5 Å². The minimum atomic E-state index is 0.863. The monoisotopic (exact) mass is 577 g/mol. The van der Waals surface area contributed by atoms with Gasteiger partial charge < -0.3 is 13.7 Å². The van der Waals surface area contributed by atoms with Crippen molar-refractivity contribution in [2.24, 2.45) is 0 Å². The molecule has 0 fully saturated rings. The number of hydrogen-bond donors (Lipinski definition) is 0. The number of nitrogens with zero attached hydrogens (tertiary/aromatic N) is 1. The Morgan fingerprint density at radius 3 is 1.69 bits per heavy atom. The van der Waals surface area contributed by atoms with Gasteiger partial charge in [0.2, 0.25) is 0 Å². The largest absolute Gasteiger partial charge is 0.456 e. The third-order valence-corrected chi connectivity index (χ3v) is 8.66. The van der Waals surface area contributed by atoms with E-state index in [1.165, 1.54) is 0 Å². The summed E-state index contributed by atoms with van der Waals surface area (Å²) in [6.45, 7) is 0. The fraction of sp³-hybridized carbons (Fsp3) is 0. The highest BCUT2D eigenvalue weighted by Gasteiger charge is 2.22. The highest BCUT2D eigenvalue weighted by atomic mass is 16.3. The second-order valence-corrected chi connectivity index (χ2v) is 11.3. The maximum Gasteiger partial charge on any atom is 0.144 e. The molecule has 9 rings (SSSR count). The van der Waals surface area contributed by atoms with Gasteiger partial charge in [0.1, 0.15) is 22.3 Å². The van der Waals surface area contributed by atoms with Gasteiger partial charge in [-0.2, -0.15) is 0 Å². The van der Waals surface area contributed by atoms with Crippen LogP contribution in [0.3, 0.4) is 0 Å². The van der Waals surface area contributed by atoms with Crippen molar-refractivity contribution in [3.05, 3.63) is 164 Å². The van der Waals surface area contributed by atoms with Crippen LogP contribution < -0.4 is 4.90 Å². The molecule has 7 aromatic carbocycles. The molecule has 0 saturated carbocycles. The molecule has 0 saturated heterocycles. The fourth-order valence-electron chi connectivity index (χ4n) is 6.63. The lowest BCUT2D eigenvalue weighted by Crippen LogP contribution is -2.09. The van der Waals surface area contributed by atoms with Crippen LogP contribution in [0.5, 0.6) is 0 Å². The first-order chi connectivity index (χ1) is 22.3. The Labute approximate surface area is 260 Å². The molecule has 2 aromatic heterocycles. The van der Waals surface area contributed by atoms with Crippen molar-refractivity contribution < 1.29 is 8.83 Å². The van der Waals surface area contributed by atoms with Crippen LogP contribution in [0, 0.1) is 0 Å². The number of benzene rings is 7. The second-order valence-electron chi connectivity index (χ2n) is 11.3. The van der Waals surface area contributed by atoms with E-state index in [-0.39, 0.29) is 0 Å². The van der Waals surface area contributed by atoms with Gasteiger partial charge in [0, 0.05) is 49.7 Å². The second kappa shape index (κ2) is 10.3. The summed E-state index contributed by atoms with van der Waals surface area (Å²) in [6.07, 6.45) is 0. The Kier molecular flexibility index (Phi) is 5.82. The molecule has 0 spiro atoms. The maximum atomic E-state index is 6.91. The van der Waals surface area contributed by atoms with E-state index >= 15 is 0 Å². The smallest absolute Gasteiger partial charge is 0.144 e. The van der Waals surface area contributed by atoms with E-state index in [4.69, 9.17) is 8.83 Å². The number of fused-ring (bicyclic) bond motifs is 6. The zero-order valence-corrected chi connectivity index (χ0v) is 24.4. The van der Waals surface area contributed by atoms with Gasteiger partial charge in [0.25, 0.3) is 0 Å². The average molecular weight is 578 g/mol. The Balaban J connectivity index is 1.24. The molecule has 0 radical (unpaired) electrons. The molecule has 0 bridgehead atoms. The number of furan rings is 2. The molecule has 0 aliphatic rings. The first-order valence-electron chi connectivity index (χ1n) is 15.2. The van der Waals surface area contributed by atoms with Crippen LogP contribution in [-0.2, 0) is 0 Å². The zero-order valence-electron chi connectivity index (χ0n) is 24.4. The van der Waals surface area contributed by atoms with E-state index in [0.717, 1.165) is 83.2 Å². The molecular weight excluding hydrogens is 550 g/mol. The van der Waals surface area contributed by atoms with Crippen LogP contribution in [0.2, 0.25) is 0 Å². The lowest BCUT2D eigenvalue weighted by Gasteiger charge is -2.25. The molecule has 0 N–H and O–H groups in total. The van der Waals surface area contributed by atoms with Crippen LogP contribution in [0.4, 0.5) is 17.1 Å². The van der Waals surface area contributed by atoms with E-state index < -0.39 is 0 Å². The predicted molar refractivity (Wildman–Crippen MR) is 187 cm³/mol. The molecule has 3 nitrogen and oxygen atoms in total. The van der Waals surface area contributed by atoms with Crippen LogP contribution in [0.1, 0.15) is 0 Å². The van der Waals surface area contributed by atoms with Crippen molar-refractivity contribution in [1.29, 1.82) is 0 Å². The molecule has 212 valence electrons. The molecule has 0 aliphatic carbocycles. The van der Waals surface area contributed by atoms with E-state index in [0.29, 0.717) is 0 Å². The standard InChI is InChI=1S/C42H27NO2/c1-4-13-29(14-5-1)39-40-35-19-10-11-22-37(35)44-38(40)27-36-34-21-12-20-33(41(34)45-42(36)39)28-23-25-32(26-24-28)43(30-15-6-2-7-16-30)31-17-8-3-9-18-31/h1-27H. The van der Waals surface area contributed by atoms with Crippen LogP contribution in [0.15, 0.2) is 173 Å². The highest BCUT2D eigenvalue weighted by Crippen LogP contribution is 2.46. The highest BCUT2D eigenvalue weighted by molar-refractivity contribution is 6.24. The minimum Gasteiger partial charge on any atom is -0.456 e. The minimum absolute atomic E-state index is 0.863. The Morgan fingerprint density at radius 1 is 0.378 bits per heavy atom. The van der Waals surface area contributed by atoms with Crippen molar-refractivity contribution in [2.75, 3.05) is 4.90 Å². The van der Waals surface area contributed by atoms with E-state index in [1.54, 1.807) is 0 Å². The Morgan fingerprint density at radius 2 is 0.978 bits per heavy atom. The first kappa shape index (κ1) is 25.4. The Bertz CT molecular complexity index is 2420. The summed E-state index contributed by atoms with van der Waals surface area (Å²) in [6, 6.07) is 57.0. The van der Waals surface area contributed by atoms with E-state index in [2.05, 4.69) is 138 Å². The first-order valence-corrected chi connectivity index (χ1v) is 15.2. The predicted octanol–water partition coefficient (Wildman–Crippen LogP) is 12.3. The molecule has 0 unspecified atom stereocenters. The average Bonchev–Trinajstić information content (AvgIpc) is 3.67. The quantitative estimate of drug-likeness (QED) is 0.204. The van der Waals surface area contributed by atoms with Crippen LogP contribution in [-0.4, -0.2) is 0 Å². The van der Waals surface area contributed by atoms with Gasteiger partial charge in [0.05, 0.1) is 0 Å². The Hall–Kier alpha value is -6.06. The van der Waals surface area contributed by atoms with E-state index in [9.17, 15) is 0 Å². The fourth-order valence-corrected chi connectivity index (χ4v) is 6.63. The maximum absolute atomic E-state index is 6.91. The normalized spacial score (nSPS) is 11.6. The van der Waals surface area contributed by atoms with Crippen LogP contribution >= 0.6 is 0 Å². The number of rotatable bonds is 5. The van der Waals surface area contributed by atoms with Crippen molar-refractivity contribution >= 4 is 60.9 Å². The summed E-state index contributed by atoms with van der Waals surface area (Å²) in [5.74, 6) is 0. The van der Waals surface area contributed by atoms with Gasteiger partial charge in [-0.05, 0) is 59.7 Å². The summed E-state index contributed by atoms with van der Waals surface area (Å²) < 4.78 is 13.3. The van der Waals surface area contributed by atoms with Crippen molar-refractivity contribution in [3.63, 3.8) is 0 Å². The number of para-hydroxylation sites is 4. The summed E-state index contributed by atoms with van der Waals surface area (Å²) in [5, 5.41) is 4.29. The van der Waals surface area contributed by atoms with Crippen molar-refractivity contribution in [1.82, 2.24) is 0 Å². The van der Waals surface area contributed by atoms with Gasteiger partial charge >= 0.3 is 0 Å². The lowest BCUT2D eigenvalue weighted by atomic mass is 9.96. The van der Waals surface area contributed by atoms with Crippen LogP contribution in [0.25, 0.3) is 66.1 Å². The van der Waals surface area contributed by atoms with Crippen molar-refractivity contribution in [3.8, 4) is 22.3 Å². The molecular formula is C42H27NO2. The van der Waals surface area contributed by atoms with E-state index in [1.807, 2.05) is 30.3 Å². The summed E-state index contributed by atoms with van der Waals surface area (Å²) in [5.41, 5.74) is 11.1. The molecule has 3 heteroatoms. The summed E-state index contributed by atoms with van der Waals surface area (Å²) in [7, 11) is 0. The van der Waals surface area contributed by atoms with Crippen molar-refractivity contribution in [2.45, 2.75) is 0 Å². The summed E-state index contributed by atoms with van der Waals surface area (Å²) in [4.78, 5) is 2.27.